The molecule has 6 heteroatoms. The van der Waals surface area contributed by atoms with Gasteiger partial charge in [0.05, 0.1) is 0 Å². The van der Waals surface area contributed by atoms with Crippen molar-refractivity contribution in [2.24, 2.45) is 5.73 Å². The van der Waals surface area contributed by atoms with Gasteiger partial charge < -0.3 is 47.9 Å². The molecule has 0 unspecified atom stereocenters. The molecule has 0 amide bonds. The van der Waals surface area contributed by atoms with Gasteiger partial charge in [0.25, 0.3) is 0 Å². The number of likely N-dealkylation sites (N-methyl/N-ethyl adjacent to an activating group) is 1. The van der Waals surface area contributed by atoms with Gasteiger partial charge in [0, 0.05) is 13.1 Å². The van der Waals surface area contributed by atoms with E-state index in [4.69, 9.17) is 5.73 Å². The molecule has 0 radical (unpaired) electrons. The van der Waals surface area contributed by atoms with Crippen LogP contribution in [0.2, 0.25) is 0 Å². The summed E-state index contributed by atoms with van der Waals surface area (Å²) in [5, 5.41) is 0. The van der Waals surface area contributed by atoms with Gasteiger partial charge in [-0.3, -0.25) is 0 Å². The van der Waals surface area contributed by atoms with Crippen LogP contribution < -0.4 is 43.0 Å². The first-order valence-corrected chi connectivity index (χ1v) is 3.27. The molecule has 0 aromatic carbocycles. The second-order valence-corrected chi connectivity index (χ2v) is 1.82. The Hall–Kier alpha value is 1.32. The molecular weight excluding hydrogens is 233 g/mol. The first kappa shape index (κ1) is 29.2. The summed E-state index contributed by atoms with van der Waals surface area (Å²) in [5.74, 6) is 0. The van der Waals surface area contributed by atoms with E-state index in [1.807, 2.05) is 0 Å². The van der Waals surface area contributed by atoms with E-state index >= 15 is 0 Å². The van der Waals surface area contributed by atoms with Crippen LogP contribution in [-0.4, -0.2) is 48.4 Å². The first-order valence-electron chi connectivity index (χ1n) is 3.27. The Morgan fingerprint density at radius 2 is 1.33 bits per heavy atom. The molecule has 74 valence electrons. The smallest absolute Gasteiger partial charge is 1.00 e. The third kappa shape index (κ3) is 17.4. The van der Waals surface area contributed by atoms with E-state index in [1.165, 1.54) is 0 Å². The Morgan fingerprint density at radius 3 is 1.42 bits per heavy atom. The summed E-state index contributed by atoms with van der Waals surface area (Å²) in [6.45, 7) is 8.36. The minimum atomic E-state index is 0. The van der Waals surface area contributed by atoms with Gasteiger partial charge in [-0.1, -0.05) is 13.8 Å². The van der Waals surface area contributed by atoms with Crippen molar-refractivity contribution < 1.29 is 37.2 Å². The molecular formula is C6H16AlCl3N2. The van der Waals surface area contributed by atoms with Crippen LogP contribution in [0.1, 0.15) is 13.8 Å². The minimum absolute atomic E-state index is 0. The number of nitrogens with two attached hydrogens (primary N) is 1. The molecule has 0 aliphatic heterocycles. The van der Waals surface area contributed by atoms with Crippen molar-refractivity contribution >= 4 is 17.4 Å². The first-order chi connectivity index (χ1) is 3.85. The van der Waals surface area contributed by atoms with E-state index < -0.39 is 0 Å². The van der Waals surface area contributed by atoms with Crippen LogP contribution in [0.4, 0.5) is 0 Å². The average molecular weight is 250 g/mol. The molecule has 0 bridgehead atoms. The molecule has 0 spiro atoms. The zero-order valence-corrected chi connectivity index (χ0v) is 11.0. The Kier molecular flexibility index (Phi) is 55.5. The molecule has 0 aliphatic rings. The fourth-order valence-corrected chi connectivity index (χ4v) is 0.722. The van der Waals surface area contributed by atoms with Crippen molar-refractivity contribution in [3.05, 3.63) is 0 Å². The molecule has 0 aromatic heterocycles. The summed E-state index contributed by atoms with van der Waals surface area (Å²) in [5.41, 5.74) is 5.34. The molecule has 0 aromatic rings. The van der Waals surface area contributed by atoms with Crippen molar-refractivity contribution in [3.63, 3.8) is 0 Å². The van der Waals surface area contributed by atoms with Crippen molar-refractivity contribution in [2.45, 2.75) is 13.8 Å². The van der Waals surface area contributed by atoms with Gasteiger partial charge in [-0.15, -0.1) is 0 Å². The Balaban J connectivity index is -0.0000000408. The molecule has 0 aliphatic carbocycles. The van der Waals surface area contributed by atoms with Crippen LogP contribution in [0.15, 0.2) is 0 Å². The molecule has 2 nitrogen and oxygen atoms in total. The molecule has 0 heterocycles. The number of hydrogen-bond donors (Lipinski definition) is 1. The number of nitrogens with zero attached hydrogens (tertiary/aromatic N) is 1. The Labute approximate surface area is 105 Å². The van der Waals surface area contributed by atoms with Crippen LogP contribution in [0.25, 0.3) is 0 Å². The van der Waals surface area contributed by atoms with Gasteiger partial charge in [-0.05, 0) is 13.1 Å². The Morgan fingerprint density at radius 1 is 1.00 bits per heavy atom. The van der Waals surface area contributed by atoms with Gasteiger partial charge in [-0.2, -0.15) is 0 Å². The van der Waals surface area contributed by atoms with Gasteiger partial charge in [0.1, 0.15) is 0 Å². The zero-order valence-electron chi connectivity index (χ0n) is 7.56. The maximum Gasteiger partial charge on any atom is 3.00 e. The number of hydrogen-bond acceptors (Lipinski definition) is 2. The molecule has 0 saturated carbocycles. The van der Waals surface area contributed by atoms with Gasteiger partial charge in [0.2, 0.25) is 0 Å². The summed E-state index contributed by atoms with van der Waals surface area (Å²) >= 11 is 0. The van der Waals surface area contributed by atoms with Crippen molar-refractivity contribution in [2.75, 3.05) is 26.2 Å². The topological polar surface area (TPSA) is 29.3 Å². The summed E-state index contributed by atoms with van der Waals surface area (Å²) in [4.78, 5) is 2.31. The van der Waals surface area contributed by atoms with Crippen LogP contribution in [0.3, 0.4) is 0 Å². The third-order valence-electron chi connectivity index (χ3n) is 1.34. The zero-order chi connectivity index (χ0) is 6.41. The summed E-state index contributed by atoms with van der Waals surface area (Å²) in [6, 6.07) is 0. The molecule has 0 fully saturated rings. The monoisotopic (exact) mass is 248 g/mol. The van der Waals surface area contributed by atoms with E-state index in [0.29, 0.717) is 0 Å². The number of halogens is 3. The van der Waals surface area contributed by atoms with Gasteiger partial charge in [-0.25, -0.2) is 0 Å². The van der Waals surface area contributed by atoms with Crippen LogP contribution in [0, 0.1) is 0 Å². The standard InChI is InChI=1S/C6H16N2.Al.3ClH/c1-3-8(4-2)6-5-7;;;;/h3-7H2,1-2H3;;3*1H/q;+3;;;/p-3. The fraction of sp³-hybridized carbons (Fsp3) is 1.00. The van der Waals surface area contributed by atoms with E-state index in [9.17, 15) is 0 Å². The predicted molar refractivity (Wildman–Crippen MR) is 42.6 cm³/mol. The molecule has 2 N–H and O–H groups in total. The predicted octanol–water partition coefficient (Wildman–Crippen LogP) is -9.08. The summed E-state index contributed by atoms with van der Waals surface area (Å²) < 4.78 is 0. The average Bonchev–Trinajstić information content (AvgIpc) is 1.83. The molecule has 0 rings (SSSR count). The maximum absolute atomic E-state index is 5.34. The summed E-state index contributed by atoms with van der Waals surface area (Å²) in [6.07, 6.45) is 0. The normalized spacial score (nSPS) is 7.00. The minimum Gasteiger partial charge on any atom is -1.00 e. The second-order valence-electron chi connectivity index (χ2n) is 1.82. The van der Waals surface area contributed by atoms with Gasteiger partial charge >= 0.3 is 17.4 Å². The molecule has 0 atom stereocenters. The van der Waals surface area contributed by atoms with Crippen LogP contribution in [0.5, 0.6) is 0 Å². The van der Waals surface area contributed by atoms with Crippen molar-refractivity contribution in [1.82, 2.24) is 4.90 Å². The number of rotatable bonds is 4. The third-order valence-corrected chi connectivity index (χ3v) is 1.34. The van der Waals surface area contributed by atoms with E-state index in [-0.39, 0.29) is 54.6 Å². The SMILES string of the molecule is CCN(CC)CCN.[Al+3].[Cl-].[Cl-].[Cl-]. The maximum atomic E-state index is 5.34. The largest absolute Gasteiger partial charge is 3.00 e. The molecule has 0 saturated heterocycles. The Bertz CT molecular complexity index is 56.1. The van der Waals surface area contributed by atoms with E-state index in [0.717, 1.165) is 26.2 Å². The van der Waals surface area contributed by atoms with Gasteiger partial charge in [0.15, 0.2) is 0 Å². The fourth-order valence-electron chi connectivity index (χ4n) is 0.722. The van der Waals surface area contributed by atoms with E-state index in [1.54, 1.807) is 0 Å². The van der Waals surface area contributed by atoms with Crippen molar-refractivity contribution in [1.29, 1.82) is 0 Å². The van der Waals surface area contributed by atoms with Crippen LogP contribution >= 0.6 is 0 Å². The van der Waals surface area contributed by atoms with Crippen molar-refractivity contribution in [3.8, 4) is 0 Å². The van der Waals surface area contributed by atoms with E-state index in [2.05, 4.69) is 18.7 Å². The second kappa shape index (κ2) is 22.8. The van der Waals surface area contributed by atoms with Crippen LogP contribution in [-0.2, 0) is 0 Å². The molecule has 12 heavy (non-hydrogen) atoms. The summed E-state index contributed by atoms with van der Waals surface area (Å²) in [7, 11) is 0. The quantitative estimate of drug-likeness (QED) is 0.502.